The van der Waals surface area contributed by atoms with Crippen molar-refractivity contribution in [3.8, 4) is 0 Å². The molecule has 1 amide bonds. The third kappa shape index (κ3) is 6.30. The van der Waals surface area contributed by atoms with Gasteiger partial charge in [-0.25, -0.2) is 9.79 Å². The van der Waals surface area contributed by atoms with Crippen LogP contribution < -0.4 is 11.1 Å². The molecule has 0 bridgehead atoms. The van der Waals surface area contributed by atoms with Gasteiger partial charge in [-0.15, -0.1) is 11.3 Å². The van der Waals surface area contributed by atoms with Crippen molar-refractivity contribution in [1.82, 2.24) is 10.2 Å². The molecule has 156 valence electrons. The van der Waals surface area contributed by atoms with E-state index < -0.39 is 5.60 Å². The Morgan fingerprint density at radius 2 is 2.03 bits per heavy atom. The first kappa shape index (κ1) is 21.3. The number of nitrogens with two attached hydrogens (primary N) is 1. The highest BCUT2D eigenvalue weighted by atomic mass is 32.1. The molecular weight excluding hydrogens is 384 g/mol. The Kier molecular flexibility index (Phi) is 6.92. The zero-order valence-corrected chi connectivity index (χ0v) is 18.2. The number of benzene rings is 1. The second kappa shape index (κ2) is 9.41. The molecule has 2 heterocycles. The fourth-order valence-corrected chi connectivity index (χ4v) is 3.95. The van der Waals surface area contributed by atoms with Crippen LogP contribution in [0.15, 0.2) is 46.8 Å². The lowest BCUT2D eigenvalue weighted by Gasteiger charge is -2.36. The van der Waals surface area contributed by atoms with Crippen molar-refractivity contribution in [2.45, 2.75) is 51.8 Å². The molecule has 1 aliphatic heterocycles. The summed E-state index contributed by atoms with van der Waals surface area (Å²) in [5, 5.41) is 5.33. The predicted molar refractivity (Wildman–Crippen MR) is 119 cm³/mol. The maximum Gasteiger partial charge on any atom is 0.410 e. The molecule has 0 atom stereocenters. The number of thiophene rings is 1. The SMILES string of the molecule is CC(C)(C)OC(=O)N(Cc1cccc(N=C(N)c2cccs2)c1)C1CCNCC1. The molecule has 0 saturated carbocycles. The third-order valence-corrected chi connectivity index (χ3v) is 5.56. The van der Waals surface area contributed by atoms with Crippen molar-refractivity contribution in [2.75, 3.05) is 13.1 Å². The molecule has 6 nitrogen and oxygen atoms in total. The van der Waals surface area contributed by atoms with Crippen molar-refractivity contribution < 1.29 is 9.53 Å². The zero-order valence-electron chi connectivity index (χ0n) is 17.4. The first-order valence-electron chi connectivity index (χ1n) is 9.99. The number of amides is 1. The largest absolute Gasteiger partial charge is 0.444 e. The summed E-state index contributed by atoms with van der Waals surface area (Å²) in [6.07, 6.45) is 1.57. The van der Waals surface area contributed by atoms with Gasteiger partial charge in [-0.3, -0.25) is 0 Å². The number of nitrogens with one attached hydrogen (secondary N) is 1. The molecule has 1 fully saturated rings. The Morgan fingerprint density at radius 3 is 2.69 bits per heavy atom. The number of rotatable bonds is 5. The Bertz CT molecular complexity index is 837. The Balaban J connectivity index is 1.79. The summed E-state index contributed by atoms with van der Waals surface area (Å²) in [6.45, 7) is 8.00. The van der Waals surface area contributed by atoms with E-state index in [4.69, 9.17) is 10.5 Å². The minimum Gasteiger partial charge on any atom is -0.444 e. The standard InChI is InChI=1S/C22H30N4O2S/c1-22(2,3)28-21(27)26(18-9-11-24-12-10-18)15-16-6-4-7-17(14-16)25-20(23)19-8-5-13-29-19/h4-8,13-14,18,24H,9-12,15H2,1-3H3,(H2,23,25). The van der Waals surface area contributed by atoms with Gasteiger partial charge >= 0.3 is 6.09 Å². The van der Waals surface area contributed by atoms with E-state index in [-0.39, 0.29) is 12.1 Å². The summed E-state index contributed by atoms with van der Waals surface area (Å²) in [4.78, 5) is 20.3. The highest BCUT2D eigenvalue weighted by Crippen LogP contribution is 2.22. The number of carbonyl (C=O) groups excluding carboxylic acids is 1. The minimum absolute atomic E-state index is 0.162. The summed E-state index contributed by atoms with van der Waals surface area (Å²) >= 11 is 1.56. The Hall–Kier alpha value is -2.38. The molecular formula is C22H30N4O2S. The lowest BCUT2D eigenvalue weighted by atomic mass is 10.0. The summed E-state index contributed by atoms with van der Waals surface area (Å²) in [6, 6.07) is 11.9. The summed E-state index contributed by atoms with van der Waals surface area (Å²) in [5.74, 6) is 0.500. The fourth-order valence-electron chi connectivity index (χ4n) is 3.32. The van der Waals surface area contributed by atoms with Crippen molar-refractivity contribution in [3.63, 3.8) is 0 Å². The molecule has 0 unspecified atom stereocenters. The smallest absolute Gasteiger partial charge is 0.410 e. The number of aliphatic imine (C=N–C) groups is 1. The van der Waals surface area contributed by atoms with Crippen LogP contribution in [0.25, 0.3) is 0 Å². The van der Waals surface area contributed by atoms with E-state index in [1.165, 1.54) is 0 Å². The number of amidine groups is 1. The highest BCUT2D eigenvalue weighted by Gasteiger charge is 2.29. The monoisotopic (exact) mass is 414 g/mol. The zero-order chi connectivity index (χ0) is 20.9. The number of carbonyl (C=O) groups is 1. The van der Waals surface area contributed by atoms with E-state index >= 15 is 0 Å². The molecule has 3 N–H and O–H groups in total. The number of hydrogen-bond donors (Lipinski definition) is 2. The molecule has 1 saturated heterocycles. The predicted octanol–water partition coefficient (Wildman–Crippen LogP) is 4.27. The lowest BCUT2D eigenvalue weighted by Crippen LogP contribution is -2.47. The van der Waals surface area contributed by atoms with E-state index in [2.05, 4.69) is 10.3 Å². The molecule has 1 aromatic heterocycles. The summed E-state index contributed by atoms with van der Waals surface area (Å²) < 4.78 is 5.69. The average Bonchev–Trinajstić information content (AvgIpc) is 3.21. The van der Waals surface area contributed by atoms with Crippen molar-refractivity contribution in [2.24, 2.45) is 10.7 Å². The summed E-state index contributed by atoms with van der Waals surface area (Å²) in [7, 11) is 0. The Morgan fingerprint density at radius 1 is 1.28 bits per heavy atom. The van der Waals surface area contributed by atoms with Gasteiger partial charge in [0.1, 0.15) is 11.4 Å². The number of piperidine rings is 1. The van der Waals surface area contributed by atoms with Crippen LogP contribution in [0.1, 0.15) is 44.1 Å². The van der Waals surface area contributed by atoms with E-state index in [9.17, 15) is 4.79 Å². The van der Waals surface area contributed by atoms with Crippen LogP contribution in [0.5, 0.6) is 0 Å². The first-order chi connectivity index (χ1) is 13.8. The molecule has 0 spiro atoms. The molecule has 1 aromatic carbocycles. The maximum atomic E-state index is 12.9. The molecule has 2 aromatic rings. The molecule has 7 heteroatoms. The average molecular weight is 415 g/mol. The van der Waals surface area contributed by atoms with Crippen molar-refractivity contribution in [3.05, 3.63) is 52.2 Å². The van der Waals surface area contributed by atoms with Crippen LogP contribution in [0.2, 0.25) is 0 Å². The van der Waals surface area contributed by atoms with E-state index in [0.717, 1.165) is 42.1 Å². The third-order valence-electron chi connectivity index (χ3n) is 4.66. The van der Waals surface area contributed by atoms with Crippen LogP contribution in [0, 0.1) is 0 Å². The highest BCUT2D eigenvalue weighted by molar-refractivity contribution is 7.12. The van der Waals surface area contributed by atoms with Crippen LogP contribution in [-0.4, -0.2) is 41.6 Å². The second-order valence-corrected chi connectivity index (χ2v) is 9.18. The van der Waals surface area contributed by atoms with Gasteiger partial charge in [0.25, 0.3) is 0 Å². The van der Waals surface area contributed by atoms with Crippen LogP contribution in [-0.2, 0) is 11.3 Å². The normalized spacial score (nSPS) is 15.9. The molecule has 0 radical (unpaired) electrons. The molecule has 3 rings (SSSR count). The van der Waals surface area contributed by atoms with Gasteiger partial charge < -0.3 is 20.7 Å². The van der Waals surface area contributed by atoms with Gasteiger partial charge in [-0.05, 0) is 75.8 Å². The van der Waals surface area contributed by atoms with E-state index in [1.807, 2.05) is 67.4 Å². The quantitative estimate of drug-likeness (QED) is 0.565. The van der Waals surface area contributed by atoms with Gasteiger partial charge in [-0.1, -0.05) is 18.2 Å². The van der Waals surface area contributed by atoms with Gasteiger partial charge in [-0.2, -0.15) is 0 Å². The molecule has 0 aliphatic carbocycles. The lowest BCUT2D eigenvalue weighted by molar-refractivity contribution is 0.0107. The number of hydrogen-bond acceptors (Lipinski definition) is 5. The molecule has 1 aliphatic rings. The van der Waals surface area contributed by atoms with Crippen molar-refractivity contribution >= 4 is 29.0 Å². The fraction of sp³-hybridized carbons (Fsp3) is 0.455. The summed E-state index contributed by atoms with van der Waals surface area (Å²) in [5.41, 5.74) is 7.39. The van der Waals surface area contributed by atoms with Crippen LogP contribution >= 0.6 is 11.3 Å². The minimum atomic E-state index is -0.524. The van der Waals surface area contributed by atoms with Gasteiger partial charge in [0.15, 0.2) is 0 Å². The molecule has 29 heavy (non-hydrogen) atoms. The topological polar surface area (TPSA) is 80.0 Å². The van der Waals surface area contributed by atoms with Gasteiger partial charge in [0.05, 0.1) is 10.6 Å². The van der Waals surface area contributed by atoms with E-state index in [0.29, 0.717) is 12.4 Å². The maximum absolute atomic E-state index is 12.9. The van der Waals surface area contributed by atoms with Crippen LogP contribution in [0.4, 0.5) is 10.5 Å². The van der Waals surface area contributed by atoms with E-state index in [1.54, 1.807) is 11.3 Å². The van der Waals surface area contributed by atoms with Gasteiger partial charge in [0.2, 0.25) is 0 Å². The Labute approximate surface area is 176 Å². The van der Waals surface area contributed by atoms with Crippen LogP contribution in [0.3, 0.4) is 0 Å². The second-order valence-electron chi connectivity index (χ2n) is 8.23. The number of ether oxygens (including phenoxy) is 1. The first-order valence-corrected chi connectivity index (χ1v) is 10.9. The van der Waals surface area contributed by atoms with Crippen molar-refractivity contribution in [1.29, 1.82) is 0 Å². The van der Waals surface area contributed by atoms with Gasteiger partial charge in [0, 0.05) is 12.6 Å². The number of nitrogens with zero attached hydrogens (tertiary/aromatic N) is 2.